The molecule has 0 aliphatic carbocycles. The fourth-order valence-corrected chi connectivity index (χ4v) is 1.40. The topological polar surface area (TPSA) is 61.0 Å². The average molecular weight is 284 g/mol. The van der Waals surface area contributed by atoms with E-state index in [1.807, 2.05) is 0 Å². The molecule has 0 saturated carbocycles. The third kappa shape index (κ3) is 2.27. The Kier molecular flexibility index (Phi) is 3.00. The number of rotatable bonds is 2. The minimum absolute atomic E-state index is 0.147. The van der Waals surface area contributed by atoms with Crippen molar-refractivity contribution in [3.63, 3.8) is 0 Å². The Hall–Kier alpha value is -1.69. The molecule has 1 aromatic heterocycles. The molecule has 0 aliphatic rings. The van der Waals surface area contributed by atoms with Gasteiger partial charge < -0.3 is 10.5 Å². The van der Waals surface area contributed by atoms with Crippen LogP contribution < -0.4 is 10.5 Å². The fourth-order valence-electron chi connectivity index (χ4n) is 1.07. The third-order valence-corrected chi connectivity index (χ3v) is 2.45. The van der Waals surface area contributed by atoms with Crippen molar-refractivity contribution in [2.75, 3.05) is 5.73 Å². The van der Waals surface area contributed by atoms with E-state index in [0.717, 1.165) is 0 Å². The minimum Gasteiger partial charge on any atom is -0.435 e. The fraction of sp³-hybridized carbons (Fsp3) is 0. The monoisotopic (exact) mass is 283 g/mol. The van der Waals surface area contributed by atoms with Gasteiger partial charge in [-0.05, 0) is 28.1 Å². The van der Waals surface area contributed by atoms with E-state index in [0.29, 0.717) is 10.2 Å². The zero-order chi connectivity index (χ0) is 11.5. The highest BCUT2D eigenvalue weighted by molar-refractivity contribution is 9.10. The van der Waals surface area contributed by atoms with Gasteiger partial charge >= 0.3 is 0 Å². The zero-order valence-corrected chi connectivity index (χ0v) is 9.61. The van der Waals surface area contributed by atoms with E-state index in [-0.39, 0.29) is 11.7 Å². The minimum atomic E-state index is -0.402. The van der Waals surface area contributed by atoms with Crippen molar-refractivity contribution in [3.05, 3.63) is 40.9 Å². The van der Waals surface area contributed by atoms with Crippen molar-refractivity contribution in [2.24, 2.45) is 0 Å². The number of halogens is 2. The molecule has 2 N–H and O–H groups in total. The lowest BCUT2D eigenvalue weighted by Gasteiger charge is -2.07. The standard InChI is InChI=1S/C10H7BrFN3O/c11-7-2-1-6(12)5-8(7)16-10-9(13)14-3-4-15-10/h1-5H,(H2,13,14). The first-order valence-electron chi connectivity index (χ1n) is 4.36. The molecule has 0 bridgehead atoms. The second kappa shape index (κ2) is 4.44. The van der Waals surface area contributed by atoms with Crippen LogP contribution in [0.3, 0.4) is 0 Å². The molecule has 1 aromatic carbocycles. The van der Waals surface area contributed by atoms with E-state index in [1.165, 1.54) is 30.6 Å². The van der Waals surface area contributed by atoms with Gasteiger partial charge in [0, 0.05) is 18.5 Å². The molecule has 0 spiro atoms. The summed E-state index contributed by atoms with van der Waals surface area (Å²) in [6.07, 6.45) is 2.89. The van der Waals surface area contributed by atoms with Crippen LogP contribution in [-0.2, 0) is 0 Å². The Bertz CT molecular complexity index is 521. The van der Waals surface area contributed by atoms with E-state index in [2.05, 4.69) is 25.9 Å². The van der Waals surface area contributed by atoms with Crippen LogP contribution in [-0.4, -0.2) is 9.97 Å². The Balaban J connectivity index is 2.34. The summed E-state index contributed by atoms with van der Waals surface area (Å²) in [4.78, 5) is 7.70. The number of nitrogens with two attached hydrogens (primary N) is 1. The highest BCUT2D eigenvalue weighted by Crippen LogP contribution is 2.30. The van der Waals surface area contributed by atoms with E-state index in [1.54, 1.807) is 0 Å². The number of hydrogen-bond donors (Lipinski definition) is 1. The zero-order valence-electron chi connectivity index (χ0n) is 8.02. The Morgan fingerprint density at radius 3 is 2.75 bits per heavy atom. The molecule has 2 aromatic rings. The number of ether oxygens (including phenoxy) is 1. The van der Waals surface area contributed by atoms with E-state index < -0.39 is 5.82 Å². The lowest BCUT2D eigenvalue weighted by molar-refractivity contribution is 0.455. The summed E-state index contributed by atoms with van der Waals surface area (Å²) in [5.41, 5.74) is 5.55. The average Bonchev–Trinajstić information content (AvgIpc) is 2.27. The molecule has 0 amide bonds. The summed E-state index contributed by atoms with van der Waals surface area (Å²) in [5, 5.41) is 0. The smallest absolute Gasteiger partial charge is 0.262 e. The highest BCUT2D eigenvalue weighted by Gasteiger charge is 2.08. The first-order chi connectivity index (χ1) is 7.66. The van der Waals surface area contributed by atoms with Crippen molar-refractivity contribution in [2.45, 2.75) is 0 Å². The molecule has 1 heterocycles. The first kappa shape index (κ1) is 10.8. The van der Waals surface area contributed by atoms with Gasteiger partial charge in [0.05, 0.1) is 4.47 Å². The second-order valence-electron chi connectivity index (χ2n) is 2.92. The maximum Gasteiger partial charge on any atom is 0.262 e. The lowest BCUT2D eigenvalue weighted by Crippen LogP contribution is -1.97. The normalized spacial score (nSPS) is 10.1. The molecule has 2 rings (SSSR count). The summed E-state index contributed by atoms with van der Waals surface area (Å²) in [7, 11) is 0. The quantitative estimate of drug-likeness (QED) is 0.921. The molecule has 6 heteroatoms. The van der Waals surface area contributed by atoms with Crippen molar-refractivity contribution >= 4 is 21.7 Å². The lowest BCUT2D eigenvalue weighted by atomic mass is 10.3. The molecule has 0 saturated heterocycles. The van der Waals surface area contributed by atoms with Crippen molar-refractivity contribution in [3.8, 4) is 11.6 Å². The van der Waals surface area contributed by atoms with E-state index in [4.69, 9.17) is 10.5 Å². The van der Waals surface area contributed by atoms with Crippen LogP contribution in [0.15, 0.2) is 35.1 Å². The number of hydrogen-bond acceptors (Lipinski definition) is 4. The number of benzene rings is 1. The van der Waals surface area contributed by atoms with Crippen molar-refractivity contribution in [1.82, 2.24) is 9.97 Å². The Morgan fingerprint density at radius 1 is 1.25 bits per heavy atom. The summed E-state index contributed by atoms with van der Waals surface area (Å²) in [5.74, 6) is 0.195. The number of nitrogen functional groups attached to an aromatic ring is 1. The van der Waals surface area contributed by atoms with E-state index >= 15 is 0 Å². The van der Waals surface area contributed by atoms with Crippen LogP contribution in [0.1, 0.15) is 0 Å². The molecular weight excluding hydrogens is 277 g/mol. The maximum atomic E-state index is 13.0. The second-order valence-corrected chi connectivity index (χ2v) is 3.78. The third-order valence-electron chi connectivity index (χ3n) is 1.79. The summed E-state index contributed by atoms with van der Waals surface area (Å²) in [6, 6.07) is 4.09. The van der Waals surface area contributed by atoms with Gasteiger partial charge in [-0.1, -0.05) is 0 Å². The summed E-state index contributed by atoms with van der Waals surface area (Å²) >= 11 is 3.23. The Labute approximate surface area is 99.4 Å². The molecule has 0 aliphatic heterocycles. The van der Waals surface area contributed by atoms with Crippen LogP contribution in [0.2, 0.25) is 0 Å². The predicted molar refractivity (Wildman–Crippen MR) is 60.6 cm³/mol. The van der Waals surface area contributed by atoms with Gasteiger partial charge in [-0.3, -0.25) is 0 Å². The molecule has 0 unspecified atom stereocenters. The SMILES string of the molecule is Nc1nccnc1Oc1cc(F)ccc1Br. The molecule has 0 atom stereocenters. The van der Waals surface area contributed by atoms with Gasteiger partial charge in [0.25, 0.3) is 5.88 Å². The molecule has 0 fully saturated rings. The molecule has 16 heavy (non-hydrogen) atoms. The van der Waals surface area contributed by atoms with Gasteiger partial charge in [0.1, 0.15) is 11.6 Å². The van der Waals surface area contributed by atoms with Crippen LogP contribution >= 0.6 is 15.9 Å². The largest absolute Gasteiger partial charge is 0.435 e. The molecule has 4 nitrogen and oxygen atoms in total. The first-order valence-corrected chi connectivity index (χ1v) is 5.15. The van der Waals surface area contributed by atoms with Gasteiger partial charge in [0.15, 0.2) is 5.82 Å². The van der Waals surface area contributed by atoms with Gasteiger partial charge in [-0.2, -0.15) is 0 Å². The van der Waals surface area contributed by atoms with Gasteiger partial charge in [-0.15, -0.1) is 0 Å². The maximum absolute atomic E-state index is 13.0. The molecule has 0 radical (unpaired) electrons. The number of anilines is 1. The van der Waals surface area contributed by atoms with Crippen molar-refractivity contribution < 1.29 is 9.13 Å². The van der Waals surface area contributed by atoms with Crippen LogP contribution in [0.25, 0.3) is 0 Å². The summed E-state index contributed by atoms with van der Waals surface area (Å²) in [6.45, 7) is 0. The number of nitrogens with zero attached hydrogens (tertiary/aromatic N) is 2. The van der Waals surface area contributed by atoms with Crippen LogP contribution in [0.4, 0.5) is 10.2 Å². The Morgan fingerprint density at radius 2 is 2.00 bits per heavy atom. The van der Waals surface area contributed by atoms with E-state index in [9.17, 15) is 4.39 Å². The molecular formula is C10H7BrFN3O. The molecule has 82 valence electrons. The van der Waals surface area contributed by atoms with Crippen molar-refractivity contribution in [1.29, 1.82) is 0 Å². The van der Waals surface area contributed by atoms with Crippen LogP contribution in [0, 0.1) is 5.82 Å². The van der Waals surface area contributed by atoms with Gasteiger partial charge in [0.2, 0.25) is 0 Å². The predicted octanol–water partition coefficient (Wildman–Crippen LogP) is 2.75. The van der Waals surface area contributed by atoms with Crippen LogP contribution in [0.5, 0.6) is 11.6 Å². The van der Waals surface area contributed by atoms with Gasteiger partial charge in [-0.25, -0.2) is 14.4 Å². The summed E-state index contributed by atoms with van der Waals surface area (Å²) < 4.78 is 18.9. The number of aromatic nitrogens is 2. The highest BCUT2D eigenvalue weighted by atomic mass is 79.9.